The molecule has 17 heavy (non-hydrogen) atoms. The van der Waals surface area contributed by atoms with E-state index < -0.39 is 0 Å². The number of aryl methyl sites for hydroxylation is 2. The molecule has 4 heteroatoms. The van der Waals surface area contributed by atoms with Crippen molar-refractivity contribution in [1.82, 2.24) is 9.88 Å². The van der Waals surface area contributed by atoms with E-state index in [2.05, 4.69) is 18.0 Å². The van der Waals surface area contributed by atoms with Crippen LogP contribution in [0.2, 0.25) is 0 Å². The topological polar surface area (TPSA) is 62.1 Å². The van der Waals surface area contributed by atoms with Crippen LogP contribution in [0.25, 0.3) is 0 Å². The minimum Gasteiger partial charge on any atom is -0.362 e. The zero-order valence-electron chi connectivity index (χ0n) is 10.8. The van der Waals surface area contributed by atoms with Crippen molar-refractivity contribution in [2.24, 2.45) is 5.73 Å². The van der Waals surface area contributed by atoms with Gasteiger partial charge >= 0.3 is 0 Å². The maximum atomic E-state index is 11.9. The van der Waals surface area contributed by atoms with Gasteiger partial charge < -0.3 is 15.6 Å². The number of hydrogen-bond acceptors (Lipinski definition) is 2. The molecule has 2 rings (SSSR count). The molecule has 2 atom stereocenters. The molecule has 1 aromatic rings. The van der Waals surface area contributed by atoms with Crippen LogP contribution in [0, 0.1) is 13.8 Å². The lowest BCUT2D eigenvalue weighted by atomic mass is 10.0. The molecule has 0 aliphatic carbocycles. The number of carbonyl (C=O) groups is 1. The predicted octanol–water partition coefficient (Wildman–Crippen LogP) is 1.64. The van der Waals surface area contributed by atoms with E-state index in [1.807, 2.05) is 18.7 Å². The highest BCUT2D eigenvalue weighted by molar-refractivity contribution is 5.80. The monoisotopic (exact) mass is 235 g/mol. The SMILES string of the molecule is CCCN1C(=O)C[C@H](N)[C@H]1c1cc(C)[nH]c1C. The normalized spacial score (nSPS) is 24.7. The molecular weight excluding hydrogens is 214 g/mol. The Morgan fingerprint density at radius 3 is 2.76 bits per heavy atom. The van der Waals surface area contributed by atoms with E-state index in [1.54, 1.807) is 0 Å². The van der Waals surface area contributed by atoms with Crippen LogP contribution < -0.4 is 5.73 Å². The summed E-state index contributed by atoms with van der Waals surface area (Å²) in [6.45, 7) is 6.95. The van der Waals surface area contributed by atoms with Crippen molar-refractivity contribution in [3.05, 3.63) is 23.0 Å². The summed E-state index contributed by atoms with van der Waals surface area (Å²) < 4.78 is 0. The third kappa shape index (κ3) is 2.09. The number of nitrogens with one attached hydrogen (secondary N) is 1. The number of rotatable bonds is 3. The second-order valence-electron chi connectivity index (χ2n) is 4.93. The molecule has 1 aliphatic rings. The van der Waals surface area contributed by atoms with E-state index in [-0.39, 0.29) is 18.0 Å². The Morgan fingerprint density at radius 1 is 1.53 bits per heavy atom. The second-order valence-corrected chi connectivity index (χ2v) is 4.93. The molecule has 0 spiro atoms. The average molecular weight is 235 g/mol. The van der Waals surface area contributed by atoms with Gasteiger partial charge in [0.2, 0.25) is 5.91 Å². The number of carbonyl (C=O) groups excluding carboxylic acids is 1. The zero-order chi connectivity index (χ0) is 12.6. The summed E-state index contributed by atoms with van der Waals surface area (Å²) in [5.41, 5.74) is 9.55. The molecule has 1 fully saturated rings. The number of aromatic amines is 1. The minimum atomic E-state index is -0.0806. The molecule has 4 nitrogen and oxygen atoms in total. The quantitative estimate of drug-likeness (QED) is 0.836. The maximum absolute atomic E-state index is 11.9. The zero-order valence-corrected chi connectivity index (χ0v) is 10.8. The molecule has 0 bridgehead atoms. The van der Waals surface area contributed by atoms with Crippen molar-refractivity contribution < 1.29 is 4.79 Å². The van der Waals surface area contributed by atoms with Gasteiger partial charge in [-0.2, -0.15) is 0 Å². The standard InChI is InChI=1S/C13H21N3O/c1-4-5-16-12(17)7-11(14)13(16)10-6-8(2)15-9(10)3/h6,11,13,15H,4-5,7,14H2,1-3H3/t11-,13+/m0/s1. The van der Waals surface area contributed by atoms with Crippen LogP contribution in [0.15, 0.2) is 6.07 Å². The fourth-order valence-corrected chi connectivity index (χ4v) is 2.77. The van der Waals surface area contributed by atoms with Crippen LogP contribution in [-0.2, 0) is 4.79 Å². The summed E-state index contributed by atoms with van der Waals surface area (Å²) >= 11 is 0. The molecule has 1 amide bonds. The number of aromatic nitrogens is 1. The van der Waals surface area contributed by atoms with Crippen LogP contribution >= 0.6 is 0 Å². The number of hydrogen-bond donors (Lipinski definition) is 2. The predicted molar refractivity (Wildman–Crippen MR) is 67.6 cm³/mol. The van der Waals surface area contributed by atoms with Gasteiger partial charge in [-0.15, -0.1) is 0 Å². The molecule has 1 aliphatic heterocycles. The lowest BCUT2D eigenvalue weighted by Gasteiger charge is -2.26. The summed E-state index contributed by atoms with van der Waals surface area (Å²) in [6.07, 6.45) is 1.44. The molecule has 2 heterocycles. The first-order chi connectivity index (χ1) is 8.04. The van der Waals surface area contributed by atoms with Crippen molar-refractivity contribution in [2.45, 2.75) is 45.7 Å². The van der Waals surface area contributed by atoms with Gasteiger partial charge in [-0.3, -0.25) is 4.79 Å². The molecule has 1 saturated heterocycles. The largest absolute Gasteiger partial charge is 0.362 e. The fourth-order valence-electron chi connectivity index (χ4n) is 2.77. The fraction of sp³-hybridized carbons (Fsp3) is 0.615. The molecule has 0 unspecified atom stereocenters. The first-order valence-corrected chi connectivity index (χ1v) is 6.25. The summed E-state index contributed by atoms with van der Waals surface area (Å²) in [7, 11) is 0. The first-order valence-electron chi connectivity index (χ1n) is 6.25. The van der Waals surface area contributed by atoms with Crippen molar-refractivity contribution in [1.29, 1.82) is 0 Å². The van der Waals surface area contributed by atoms with Gasteiger partial charge in [-0.1, -0.05) is 6.92 Å². The Kier molecular flexibility index (Phi) is 3.24. The van der Waals surface area contributed by atoms with E-state index >= 15 is 0 Å². The van der Waals surface area contributed by atoms with Crippen LogP contribution in [0.4, 0.5) is 0 Å². The van der Waals surface area contributed by atoms with Gasteiger partial charge in [-0.05, 0) is 31.9 Å². The molecule has 0 aromatic carbocycles. The Bertz CT molecular complexity index is 424. The summed E-state index contributed by atoms with van der Waals surface area (Å²) in [6, 6.07) is 2.08. The Morgan fingerprint density at radius 2 is 2.24 bits per heavy atom. The van der Waals surface area contributed by atoms with Crippen molar-refractivity contribution in [2.75, 3.05) is 6.54 Å². The van der Waals surface area contributed by atoms with Crippen LogP contribution in [0.5, 0.6) is 0 Å². The average Bonchev–Trinajstić information content (AvgIpc) is 2.69. The van der Waals surface area contributed by atoms with Crippen molar-refractivity contribution in [3.63, 3.8) is 0 Å². The molecule has 94 valence electrons. The molecule has 0 radical (unpaired) electrons. The number of likely N-dealkylation sites (tertiary alicyclic amines) is 1. The third-order valence-electron chi connectivity index (χ3n) is 3.44. The second kappa shape index (κ2) is 4.53. The van der Waals surface area contributed by atoms with Crippen LogP contribution in [0.3, 0.4) is 0 Å². The number of H-pyrrole nitrogens is 1. The van der Waals surface area contributed by atoms with Gasteiger partial charge in [0.05, 0.1) is 6.04 Å². The Balaban J connectivity index is 2.34. The van der Waals surface area contributed by atoms with Crippen LogP contribution in [0.1, 0.15) is 42.8 Å². The van der Waals surface area contributed by atoms with E-state index in [4.69, 9.17) is 5.73 Å². The molecular formula is C13H21N3O. The summed E-state index contributed by atoms with van der Waals surface area (Å²) in [5, 5.41) is 0. The number of amides is 1. The van der Waals surface area contributed by atoms with Crippen molar-refractivity contribution in [3.8, 4) is 0 Å². The Labute approximate surface area is 102 Å². The molecule has 3 N–H and O–H groups in total. The summed E-state index contributed by atoms with van der Waals surface area (Å²) in [4.78, 5) is 17.1. The van der Waals surface area contributed by atoms with E-state index in [0.717, 1.165) is 24.4 Å². The van der Waals surface area contributed by atoms with E-state index in [9.17, 15) is 4.79 Å². The molecule has 0 saturated carbocycles. The van der Waals surface area contributed by atoms with Gasteiger partial charge in [0.15, 0.2) is 0 Å². The first kappa shape index (κ1) is 12.2. The lowest BCUT2D eigenvalue weighted by molar-refractivity contribution is -0.129. The number of nitrogens with zero attached hydrogens (tertiary/aromatic N) is 1. The number of nitrogens with two attached hydrogens (primary N) is 1. The van der Waals surface area contributed by atoms with Gasteiger partial charge in [0.1, 0.15) is 0 Å². The van der Waals surface area contributed by atoms with Crippen LogP contribution in [-0.4, -0.2) is 28.4 Å². The highest BCUT2D eigenvalue weighted by atomic mass is 16.2. The highest BCUT2D eigenvalue weighted by Crippen LogP contribution is 2.34. The molecule has 1 aromatic heterocycles. The van der Waals surface area contributed by atoms with E-state index in [0.29, 0.717) is 6.42 Å². The maximum Gasteiger partial charge on any atom is 0.224 e. The summed E-state index contributed by atoms with van der Waals surface area (Å²) in [5.74, 6) is 0.183. The van der Waals surface area contributed by atoms with Gasteiger partial charge in [-0.25, -0.2) is 0 Å². The lowest BCUT2D eigenvalue weighted by Crippen LogP contribution is -2.33. The third-order valence-corrected chi connectivity index (χ3v) is 3.44. The highest BCUT2D eigenvalue weighted by Gasteiger charge is 2.39. The van der Waals surface area contributed by atoms with Gasteiger partial charge in [0.25, 0.3) is 0 Å². The van der Waals surface area contributed by atoms with Gasteiger partial charge in [0, 0.05) is 30.4 Å². The smallest absolute Gasteiger partial charge is 0.224 e. The Hall–Kier alpha value is -1.29. The van der Waals surface area contributed by atoms with E-state index in [1.165, 1.54) is 5.56 Å². The van der Waals surface area contributed by atoms with Crippen molar-refractivity contribution >= 4 is 5.91 Å². The minimum absolute atomic E-state index is 0.0485.